The average Bonchev–Trinajstić information content (AvgIpc) is 2.98. The normalized spacial score (nSPS) is 10.7. The van der Waals surface area contributed by atoms with Crippen molar-refractivity contribution in [1.29, 1.82) is 5.26 Å². The van der Waals surface area contributed by atoms with Gasteiger partial charge in [-0.05, 0) is 93.7 Å². The molecule has 0 atom stereocenters. The highest BCUT2D eigenvalue weighted by Crippen LogP contribution is 2.39. The van der Waals surface area contributed by atoms with Crippen molar-refractivity contribution in [3.63, 3.8) is 0 Å². The Balaban J connectivity index is 1.46. The summed E-state index contributed by atoms with van der Waals surface area (Å²) < 4.78 is 0. The predicted molar refractivity (Wildman–Crippen MR) is 154 cm³/mol. The molecule has 37 heavy (non-hydrogen) atoms. The monoisotopic (exact) mass is 472 g/mol. The van der Waals surface area contributed by atoms with Gasteiger partial charge in [0.2, 0.25) is 0 Å². The number of benzene rings is 6. The summed E-state index contributed by atoms with van der Waals surface area (Å²) >= 11 is 0. The maximum Gasteiger partial charge on any atom is 0.0991 e. The van der Waals surface area contributed by atoms with E-state index in [0.717, 1.165) is 17.1 Å². The van der Waals surface area contributed by atoms with Gasteiger partial charge in [0, 0.05) is 17.1 Å². The van der Waals surface area contributed by atoms with Gasteiger partial charge in [-0.3, -0.25) is 0 Å². The van der Waals surface area contributed by atoms with Crippen LogP contribution in [0, 0.1) is 11.3 Å². The van der Waals surface area contributed by atoms with E-state index in [4.69, 9.17) is 0 Å². The Morgan fingerprint density at radius 1 is 0.432 bits per heavy atom. The molecule has 0 unspecified atom stereocenters. The molecule has 174 valence electrons. The number of para-hydroxylation sites is 1. The van der Waals surface area contributed by atoms with Crippen molar-refractivity contribution >= 4 is 27.8 Å². The van der Waals surface area contributed by atoms with Crippen LogP contribution in [0.15, 0.2) is 146 Å². The van der Waals surface area contributed by atoms with Gasteiger partial charge in [-0.2, -0.15) is 5.26 Å². The average molecular weight is 473 g/mol. The van der Waals surface area contributed by atoms with Crippen molar-refractivity contribution < 1.29 is 0 Å². The maximum absolute atomic E-state index is 9.25. The van der Waals surface area contributed by atoms with E-state index < -0.39 is 0 Å². The van der Waals surface area contributed by atoms with Crippen LogP contribution in [0.1, 0.15) is 5.56 Å². The minimum absolute atomic E-state index is 0.650. The molecular formula is C35H24N2. The number of nitriles is 1. The Labute approximate surface area is 217 Å². The Kier molecular flexibility index (Phi) is 5.95. The van der Waals surface area contributed by atoms with Gasteiger partial charge in [0.05, 0.1) is 11.6 Å². The third-order valence-electron chi connectivity index (χ3n) is 6.68. The Morgan fingerprint density at radius 2 is 0.865 bits per heavy atom. The van der Waals surface area contributed by atoms with Crippen LogP contribution in [0.4, 0.5) is 17.1 Å². The molecule has 0 saturated carbocycles. The summed E-state index contributed by atoms with van der Waals surface area (Å²) in [6.07, 6.45) is 0. The first-order valence-corrected chi connectivity index (χ1v) is 12.3. The van der Waals surface area contributed by atoms with Crippen molar-refractivity contribution in [3.05, 3.63) is 151 Å². The number of anilines is 3. The maximum atomic E-state index is 9.25. The van der Waals surface area contributed by atoms with Crippen LogP contribution in [0.5, 0.6) is 0 Å². The van der Waals surface area contributed by atoms with E-state index in [0.29, 0.717) is 5.56 Å². The molecular weight excluding hydrogens is 448 g/mol. The lowest BCUT2D eigenvalue weighted by Crippen LogP contribution is -2.09. The largest absolute Gasteiger partial charge is 0.311 e. The predicted octanol–water partition coefficient (Wildman–Crippen LogP) is 9.52. The van der Waals surface area contributed by atoms with Crippen molar-refractivity contribution in [3.8, 4) is 28.3 Å². The summed E-state index contributed by atoms with van der Waals surface area (Å²) in [5.41, 5.74) is 8.58. The molecule has 0 heterocycles. The number of fused-ring (bicyclic) bond motifs is 1. The fourth-order valence-corrected chi connectivity index (χ4v) is 4.84. The second-order valence-electron chi connectivity index (χ2n) is 8.99. The van der Waals surface area contributed by atoms with E-state index in [1.54, 1.807) is 0 Å². The van der Waals surface area contributed by atoms with Crippen LogP contribution >= 0.6 is 0 Å². The molecule has 0 aliphatic rings. The van der Waals surface area contributed by atoms with E-state index in [-0.39, 0.29) is 0 Å². The smallest absolute Gasteiger partial charge is 0.0991 e. The molecule has 2 heteroatoms. The summed E-state index contributed by atoms with van der Waals surface area (Å²) in [5, 5.41) is 11.7. The third kappa shape index (κ3) is 4.47. The van der Waals surface area contributed by atoms with Gasteiger partial charge in [0.15, 0.2) is 0 Å². The first-order valence-electron chi connectivity index (χ1n) is 12.3. The minimum atomic E-state index is 0.650. The van der Waals surface area contributed by atoms with Crippen LogP contribution in [-0.4, -0.2) is 0 Å². The summed E-state index contributed by atoms with van der Waals surface area (Å²) in [4.78, 5) is 2.21. The van der Waals surface area contributed by atoms with Gasteiger partial charge in [0.1, 0.15) is 0 Å². The molecule has 0 aromatic heterocycles. The second-order valence-corrected chi connectivity index (χ2v) is 8.99. The minimum Gasteiger partial charge on any atom is -0.311 e. The number of nitrogens with zero attached hydrogens (tertiary/aromatic N) is 2. The molecule has 6 aromatic rings. The molecule has 0 radical (unpaired) electrons. The van der Waals surface area contributed by atoms with Crippen molar-refractivity contribution in [2.45, 2.75) is 0 Å². The van der Waals surface area contributed by atoms with Gasteiger partial charge in [-0.15, -0.1) is 0 Å². The standard InChI is InChI=1S/C35H24N2/c36-25-26-15-19-32(20-16-26)37(31-13-5-2-6-14-31)33-21-17-28(18-22-33)35-24-30-12-8-7-11-29(30)23-34(35)27-9-3-1-4-10-27/h1-24H. The van der Waals surface area contributed by atoms with Crippen LogP contribution < -0.4 is 4.90 Å². The summed E-state index contributed by atoms with van der Waals surface area (Å²) in [6.45, 7) is 0. The molecule has 2 nitrogen and oxygen atoms in total. The highest BCUT2D eigenvalue weighted by atomic mass is 15.1. The molecule has 0 spiro atoms. The fraction of sp³-hybridized carbons (Fsp3) is 0. The molecule has 6 rings (SSSR count). The van der Waals surface area contributed by atoms with Gasteiger partial charge in [-0.25, -0.2) is 0 Å². The Bertz CT molecular complexity index is 1700. The number of rotatable bonds is 5. The van der Waals surface area contributed by atoms with E-state index in [1.807, 2.05) is 42.5 Å². The summed E-state index contributed by atoms with van der Waals surface area (Å²) in [7, 11) is 0. The van der Waals surface area contributed by atoms with Crippen molar-refractivity contribution in [2.75, 3.05) is 4.90 Å². The van der Waals surface area contributed by atoms with Crippen molar-refractivity contribution in [2.24, 2.45) is 0 Å². The van der Waals surface area contributed by atoms with Crippen LogP contribution in [0.25, 0.3) is 33.0 Å². The number of hydrogen-bond acceptors (Lipinski definition) is 2. The third-order valence-corrected chi connectivity index (χ3v) is 6.68. The zero-order chi connectivity index (χ0) is 25.0. The zero-order valence-corrected chi connectivity index (χ0v) is 20.3. The zero-order valence-electron chi connectivity index (χ0n) is 20.3. The fourth-order valence-electron chi connectivity index (χ4n) is 4.84. The Hall–Kier alpha value is -5.13. The molecule has 0 bridgehead atoms. The van der Waals surface area contributed by atoms with Crippen LogP contribution in [-0.2, 0) is 0 Å². The van der Waals surface area contributed by atoms with Gasteiger partial charge in [-0.1, -0.05) is 84.9 Å². The van der Waals surface area contributed by atoms with E-state index >= 15 is 0 Å². The van der Waals surface area contributed by atoms with E-state index in [1.165, 1.54) is 33.0 Å². The second kappa shape index (κ2) is 9.85. The van der Waals surface area contributed by atoms with Gasteiger partial charge >= 0.3 is 0 Å². The van der Waals surface area contributed by atoms with Crippen LogP contribution in [0.2, 0.25) is 0 Å². The Morgan fingerprint density at radius 3 is 1.41 bits per heavy atom. The molecule has 0 aliphatic heterocycles. The van der Waals surface area contributed by atoms with Crippen LogP contribution in [0.3, 0.4) is 0 Å². The highest BCUT2D eigenvalue weighted by molar-refractivity contribution is 5.96. The van der Waals surface area contributed by atoms with E-state index in [9.17, 15) is 5.26 Å². The first kappa shape index (κ1) is 22.3. The number of hydrogen-bond donors (Lipinski definition) is 0. The topological polar surface area (TPSA) is 27.0 Å². The molecule has 6 aromatic carbocycles. The molecule has 0 fully saturated rings. The molecule has 0 N–H and O–H groups in total. The lowest BCUT2D eigenvalue weighted by Gasteiger charge is -2.25. The molecule has 0 amide bonds. The highest BCUT2D eigenvalue weighted by Gasteiger charge is 2.14. The van der Waals surface area contributed by atoms with Crippen molar-refractivity contribution in [1.82, 2.24) is 0 Å². The van der Waals surface area contributed by atoms with Gasteiger partial charge in [0.25, 0.3) is 0 Å². The first-order chi connectivity index (χ1) is 18.3. The van der Waals surface area contributed by atoms with Gasteiger partial charge < -0.3 is 4.90 Å². The SMILES string of the molecule is N#Cc1ccc(N(c2ccccc2)c2ccc(-c3cc4ccccc4cc3-c3ccccc3)cc2)cc1. The quantitative estimate of drug-likeness (QED) is 0.250. The molecule has 0 aliphatic carbocycles. The van der Waals surface area contributed by atoms with E-state index in [2.05, 4.69) is 114 Å². The lowest BCUT2D eigenvalue weighted by atomic mass is 9.91. The summed E-state index contributed by atoms with van der Waals surface area (Å²) in [5.74, 6) is 0. The molecule has 0 saturated heterocycles. The summed E-state index contributed by atoms with van der Waals surface area (Å²) in [6, 6.07) is 52.7. The lowest BCUT2D eigenvalue weighted by molar-refractivity contribution is 1.28.